The van der Waals surface area contributed by atoms with Crippen molar-refractivity contribution in [2.45, 2.75) is 19.4 Å². The van der Waals surface area contributed by atoms with Crippen molar-refractivity contribution in [3.63, 3.8) is 0 Å². The van der Waals surface area contributed by atoms with Crippen LogP contribution in [0.4, 0.5) is 19.3 Å². The Morgan fingerprint density at radius 3 is 2.80 bits per heavy atom. The van der Waals surface area contributed by atoms with Gasteiger partial charge in [-0.25, -0.2) is 13.6 Å². The molecule has 25 heavy (non-hydrogen) atoms. The summed E-state index contributed by atoms with van der Waals surface area (Å²) < 4.78 is 32.5. The van der Waals surface area contributed by atoms with Crippen molar-refractivity contribution in [2.24, 2.45) is 0 Å². The van der Waals surface area contributed by atoms with Crippen molar-refractivity contribution in [1.29, 1.82) is 0 Å². The number of pyridine rings is 1. The van der Waals surface area contributed by atoms with Crippen LogP contribution in [0.1, 0.15) is 16.8 Å². The first-order valence-electron chi connectivity index (χ1n) is 7.80. The number of carbonyl (C=O) groups is 1. The van der Waals surface area contributed by atoms with Crippen LogP contribution < -0.4 is 10.6 Å². The number of carbonyl (C=O) groups excluding carboxylic acids is 1. The molecule has 0 aliphatic carbocycles. The lowest BCUT2D eigenvalue weighted by Gasteiger charge is -2.16. The van der Waals surface area contributed by atoms with Gasteiger partial charge >= 0.3 is 6.03 Å². The summed E-state index contributed by atoms with van der Waals surface area (Å²) in [6.07, 6.45) is 2.26. The number of phenolic OH excluding ortho intramolecular Hbond substituents is 1. The third-order valence-electron chi connectivity index (χ3n) is 3.84. The molecule has 0 radical (unpaired) electrons. The summed E-state index contributed by atoms with van der Waals surface area (Å²) in [5.74, 6) is -2.18. The van der Waals surface area contributed by atoms with E-state index in [0.717, 1.165) is 29.8 Å². The summed E-state index contributed by atoms with van der Waals surface area (Å²) in [5, 5.41) is 14.3. The number of urea groups is 1. The number of benzene rings is 1. The molecule has 0 bridgehead atoms. The highest BCUT2D eigenvalue weighted by atomic mass is 19.1. The third kappa shape index (κ3) is 4.21. The van der Waals surface area contributed by atoms with Crippen molar-refractivity contribution in [3.8, 4) is 5.75 Å². The van der Waals surface area contributed by atoms with E-state index in [-0.39, 0.29) is 18.5 Å². The van der Waals surface area contributed by atoms with Crippen molar-refractivity contribution in [1.82, 2.24) is 10.3 Å². The zero-order valence-electron chi connectivity index (χ0n) is 13.3. The number of phenols is 1. The maximum Gasteiger partial charge on any atom is 0.319 e. The number of hydrogen-bond acceptors (Lipinski definition) is 4. The molecule has 1 aliphatic rings. The Hall–Kier alpha value is -2.74. The first kappa shape index (κ1) is 17.1. The Bertz CT molecular complexity index is 776. The molecule has 132 valence electrons. The third-order valence-corrected chi connectivity index (χ3v) is 3.84. The van der Waals surface area contributed by atoms with Crippen LogP contribution in [-0.4, -0.2) is 29.3 Å². The van der Waals surface area contributed by atoms with Gasteiger partial charge in [0.05, 0.1) is 25.1 Å². The lowest BCUT2D eigenvalue weighted by Crippen LogP contribution is -2.31. The summed E-state index contributed by atoms with van der Waals surface area (Å²) in [6.45, 7) is 1.13. The molecule has 6 nitrogen and oxygen atoms in total. The molecule has 2 amide bonds. The average molecular weight is 349 g/mol. The van der Waals surface area contributed by atoms with Crippen LogP contribution in [0.15, 0.2) is 24.4 Å². The zero-order chi connectivity index (χ0) is 17.8. The van der Waals surface area contributed by atoms with Crippen LogP contribution in [-0.2, 0) is 24.2 Å². The van der Waals surface area contributed by atoms with Gasteiger partial charge in [-0.05, 0) is 12.5 Å². The van der Waals surface area contributed by atoms with Gasteiger partial charge in [-0.3, -0.25) is 4.98 Å². The predicted molar refractivity (Wildman–Crippen MR) is 86.3 cm³/mol. The quantitative estimate of drug-likeness (QED) is 0.792. The molecule has 1 aromatic carbocycles. The van der Waals surface area contributed by atoms with Gasteiger partial charge < -0.3 is 20.5 Å². The molecule has 0 saturated carbocycles. The lowest BCUT2D eigenvalue weighted by atomic mass is 10.1. The standard InChI is InChI=1S/C17H17F2N3O3/c18-14-6-12(23)7-15(19)13(14)1-3-20-17(24)22-11-5-10-9-25-4-2-16(10)21-8-11/h5-8,23H,1-4,9H2,(H2,20,22,24). The fourth-order valence-corrected chi connectivity index (χ4v) is 2.61. The van der Waals surface area contributed by atoms with E-state index in [2.05, 4.69) is 15.6 Å². The summed E-state index contributed by atoms with van der Waals surface area (Å²) in [7, 11) is 0. The molecule has 1 aromatic heterocycles. The number of ether oxygens (including phenoxy) is 1. The molecule has 2 heterocycles. The number of halogens is 2. The van der Waals surface area contributed by atoms with E-state index in [0.29, 0.717) is 18.9 Å². The van der Waals surface area contributed by atoms with Gasteiger partial charge in [0.1, 0.15) is 17.4 Å². The molecule has 8 heteroatoms. The highest BCUT2D eigenvalue weighted by molar-refractivity contribution is 5.89. The minimum atomic E-state index is -0.849. The monoisotopic (exact) mass is 349 g/mol. The van der Waals surface area contributed by atoms with Crippen LogP contribution >= 0.6 is 0 Å². The molecular formula is C17H17F2N3O3. The van der Waals surface area contributed by atoms with E-state index in [9.17, 15) is 13.6 Å². The van der Waals surface area contributed by atoms with Gasteiger partial charge in [0.25, 0.3) is 0 Å². The topological polar surface area (TPSA) is 83.5 Å². The van der Waals surface area contributed by atoms with E-state index in [4.69, 9.17) is 9.84 Å². The highest BCUT2D eigenvalue weighted by Gasteiger charge is 2.13. The number of hydrogen-bond donors (Lipinski definition) is 3. The second kappa shape index (κ2) is 7.43. The smallest absolute Gasteiger partial charge is 0.319 e. The Balaban J connectivity index is 1.53. The maximum atomic E-state index is 13.6. The van der Waals surface area contributed by atoms with Gasteiger partial charge in [0, 0.05) is 41.9 Å². The van der Waals surface area contributed by atoms with Gasteiger partial charge in [-0.2, -0.15) is 0 Å². The van der Waals surface area contributed by atoms with Crippen molar-refractivity contribution in [3.05, 3.63) is 52.9 Å². The SMILES string of the molecule is O=C(NCCc1c(F)cc(O)cc1F)Nc1cnc2c(c1)COCC2. The van der Waals surface area contributed by atoms with Crippen LogP contribution in [0, 0.1) is 11.6 Å². The minimum Gasteiger partial charge on any atom is -0.508 e. The highest BCUT2D eigenvalue weighted by Crippen LogP contribution is 2.20. The van der Waals surface area contributed by atoms with Gasteiger partial charge in [0.2, 0.25) is 0 Å². The van der Waals surface area contributed by atoms with E-state index in [1.54, 1.807) is 12.3 Å². The van der Waals surface area contributed by atoms with Crippen LogP contribution in [0.2, 0.25) is 0 Å². The number of aromatic hydroxyl groups is 1. The van der Waals surface area contributed by atoms with E-state index in [1.165, 1.54) is 0 Å². The minimum absolute atomic E-state index is 0.0337. The summed E-state index contributed by atoms with van der Waals surface area (Å²) in [6, 6.07) is 2.96. The number of aromatic nitrogens is 1. The molecule has 2 aromatic rings. The number of nitrogens with one attached hydrogen (secondary N) is 2. The molecule has 3 N–H and O–H groups in total. The normalized spacial score (nSPS) is 13.2. The van der Waals surface area contributed by atoms with Gasteiger partial charge in [0.15, 0.2) is 0 Å². The summed E-state index contributed by atoms with van der Waals surface area (Å²) in [5.41, 5.74) is 2.21. The summed E-state index contributed by atoms with van der Waals surface area (Å²) >= 11 is 0. The summed E-state index contributed by atoms with van der Waals surface area (Å²) in [4.78, 5) is 16.2. The van der Waals surface area contributed by atoms with Crippen LogP contribution in [0.3, 0.4) is 0 Å². The molecule has 0 atom stereocenters. The molecule has 1 aliphatic heterocycles. The van der Waals surface area contributed by atoms with E-state index in [1.807, 2.05) is 0 Å². The van der Waals surface area contributed by atoms with E-state index < -0.39 is 23.4 Å². The predicted octanol–water partition coefficient (Wildman–Crippen LogP) is 2.50. The number of fused-ring (bicyclic) bond motifs is 1. The Morgan fingerprint density at radius 1 is 1.28 bits per heavy atom. The Kier molecular flexibility index (Phi) is 5.08. The fraction of sp³-hybridized carbons (Fsp3) is 0.294. The number of anilines is 1. The van der Waals surface area contributed by atoms with Gasteiger partial charge in [-0.15, -0.1) is 0 Å². The number of rotatable bonds is 4. The Morgan fingerprint density at radius 2 is 2.04 bits per heavy atom. The molecule has 0 fully saturated rings. The van der Waals surface area contributed by atoms with Crippen LogP contribution in [0.5, 0.6) is 5.75 Å². The molecule has 0 unspecified atom stereocenters. The number of amides is 2. The van der Waals surface area contributed by atoms with Crippen molar-refractivity contribution < 1.29 is 23.4 Å². The first-order valence-corrected chi connectivity index (χ1v) is 7.80. The molecule has 0 spiro atoms. The second-order valence-corrected chi connectivity index (χ2v) is 5.65. The zero-order valence-corrected chi connectivity index (χ0v) is 13.3. The fourth-order valence-electron chi connectivity index (χ4n) is 2.61. The lowest BCUT2D eigenvalue weighted by molar-refractivity contribution is 0.109. The average Bonchev–Trinajstić information content (AvgIpc) is 2.57. The molecule has 0 saturated heterocycles. The maximum absolute atomic E-state index is 13.6. The largest absolute Gasteiger partial charge is 0.508 e. The molecular weight excluding hydrogens is 332 g/mol. The van der Waals surface area contributed by atoms with Crippen molar-refractivity contribution >= 4 is 11.7 Å². The first-order chi connectivity index (χ1) is 12.0. The van der Waals surface area contributed by atoms with Crippen LogP contribution in [0.25, 0.3) is 0 Å². The van der Waals surface area contributed by atoms with Gasteiger partial charge in [-0.1, -0.05) is 0 Å². The van der Waals surface area contributed by atoms with Crippen molar-refractivity contribution in [2.75, 3.05) is 18.5 Å². The second-order valence-electron chi connectivity index (χ2n) is 5.65. The Labute approximate surface area is 142 Å². The molecule has 3 rings (SSSR count). The number of nitrogens with zero attached hydrogens (tertiary/aromatic N) is 1. The van der Waals surface area contributed by atoms with E-state index >= 15 is 0 Å².